The summed E-state index contributed by atoms with van der Waals surface area (Å²) in [4.78, 5) is 23.3. The molecule has 18 heavy (non-hydrogen) atoms. The molecule has 5 nitrogen and oxygen atoms in total. The lowest BCUT2D eigenvalue weighted by atomic mass is 10.1. The number of thiophene rings is 1. The van der Waals surface area contributed by atoms with Crippen molar-refractivity contribution >= 4 is 23.3 Å². The molecule has 2 unspecified atom stereocenters. The Balaban J connectivity index is 2.43. The first kappa shape index (κ1) is 14.5. The van der Waals surface area contributed by atoms with E-state index in [0.717, 1.165) is 4.88 Å². The van der Waals surface area contributed by atoms with Crippen LogP contribution >= 0.6 is 11.3 Å². The van der Waals surface area contributed by atoms with E-state index in [4.69, 9.17) is 5.11 Å². The van der Waals surface area contributed by atoms with E-state index < -0.39 is 5.97 Å². The van der Waals surface area contributed by atoms with Crippen LogP contribution in [0.4, 0.5) is 4.79 Å². The van der Waals surface area contributed by atoms with E-state index in [0.29, 0.717) is 6.42 Å². The molecule has 0 bridgehead atoms. The van der Waals surface area contributed by atoms with Crippen LogP contribution in [0.25, 0.3) is 0 Å². The van der Waals surface area contributed by atoms with Gasteiger partial charge in [0.1, 0.15) is 0 Å². The fourth-order valence-electron chi connectivity index (χ4n) is 1.54. The van der Waals surface area contributed by atoms with Crippen molar-refractivity contribution in [3.8, 4) is 0 Å². The van der Waals surface area contributed by atoms with E-state index in [1.165, 1.54) is 0 Å². The third-order valence-electron chi connectivity index (χ3n) is 2.57. The second-order valence-electron chi connectivity index (χ2n) is 4.06. The van der Waals surface area contributed by atoms with Crippen molar-refractivity contribution < 1.29 is 14.7 Å². The minimum Gasteiger partial charge on any atom is -0.481 e. The van der Waals surface area contributed by atoms with Gasteiger partial charge in [-0.15, -0.1) is 11.3 Å². The average molecular weight is 270 g/mol. The molecular formula is C12H18N2O3S. The van der Waals surface area contributed by atoms with Crippen molar-refractivity contribution in [2.24, 2.45) is 0 Å². The molecule has 6 heteroatoms. The number of hydrogen-bond acceptors (Lipinski definition) is 3. The zero-order valence-electron chi connectivity index (χ0n) is 10.5. The number of hydrogen-bond donors (Lipinski definition) is 3. The molecule has 1 rings (SSSR count). The van der Waals surface area contributed by atoms with E-state index in [1.54, 1.807) is 11.3 Å². The van der Waals surface area contributed by atoms with Crippen molar-refractivity contribution in [2.45, 2.75) is 38.8 Å². The highest BCUT2D eigenvalue weighted by Gasteiger charge is 2.16. The highest BCUT2D eigenvalue weighted by Crippen LogP contribution is 2.17. The van der Waals surface area contributed by atoms with Crippen LogP contribution in [0, 0.1) is 0 Å². The first-order valence-electron chi connectivity index (χ1n) is 5.85. The first-order valence-corrected chi connectivity index (χ1v) is 6.73. The Hall–Kier alpha value is -1.56. The smallest absolute Gasteiger partial charge is 0.315 e. The molecule has 0 saturated carbocycles. The van der Waals surface area contributed by atoms with Crippen LogP contribution in [-0.4, -0.2) is 23.1 Å². The highest BCUT2D eigenvalue weighted by atomic mass is 32.1. The van der Waals surface area contributed by atoms with Crippen LogP contribution in [0.1, 0.15) is 37.6 Å². The number of urea groups is 1. The molecule has 1 heterocycles. The van der Waals surface area contributed by atoms with Crippen molar-refractivity contribution in [1.82, 2.24) is 10.6 Å². The van der Waals surface area contributed by atoms with Gasteiger partial charge >= 0.3 is 12.0 Å². The topological polar surface area (TPSA) is 78.4 Å². The largest absolute Gasteiger partial charge is 0.481 e. The molecular weight excluding hydrogens is 252 g/mol. The fourth-order valence-corrected chi connectivity index (χ4v) is 2.28. The zero-order valence-corrected chi connectivity index (χ0v) is 11.3. The van der Waals surface area contributed by atoms with E-state index in [9.17, 15) is 9.59 Å². The molecule has 2 amide bonds. The van der Waals surface area contributed by atoms with Gasteiger partial charge in [0.2, 0.25) is 0 Å². The summed E-state index contributed by atoms with van der Waals surface area (Å²) in [6, 6.07) is 3.13. The lowest BCUT2D eigenvalue weighted by molar-refractivity contribution is -0.137. The van der Waals surface area contributed by atoms with E-state index in [1.807, 2.05) is 31.4 Å². The maximum absolute atomic E-state index is 11.7. The maximum Gasteiger partial charge on any atom is 0.315 e. The molecule has 0 aliphatic heterocycles. The summed E-state index contributed by atoms with van der Waals surface area (Å²) in [5.41, 5.74) is 0. The average Bonchev–Trinajstić information content (AvgIpc) is 2.80. The van der Waals surface area contributed by atoms with Gasteiger partial charge in [-0.1, -0.05) is 13.0 Å². The van der Waals surface area contributed by atoms with Gasteiger partial charge in [0.15, 0.2) is 0 Å². The van der Waals surface area contributed by atoms with Crippen molar-refractivity contribution in [3.05, 3.63) is 22.4 Å². The fraction of sp³-hybridized carbons (Fsp3) is 0.500. The first-order chi connectivity index (χ1) is 8.52. The van der Waals surface area contributed by atoms with Crippen LogP contribution in [0.15, 0.2) is 17.5 Å². The summed E-state index contributed by atoms with van der Waals surface area (Å²) in [6.07, 6.45) is 0.532. The molecule has 0 fully saturated rings. The zero-order chi connectivity index (χ0) is 13.5. The summed E-state index contributed by atoms with van der Waals surface area (Å²) in [5, 5.41) is 16.1. The number of rotatable bonds is 6. The Morgan fingerprint density at radius 3 is 2.67 bits per heavy atom. The summed E-state index contributed by atoms with van der Waals surface area (Å²) in [5.74, 6) is -0.909. The predicted octanol–water partition coefficient (Wildman–Crippen LogP) is 2.36. The number of carbonyl (C=O) groups excluding carboxylic acids is 1. The van der Waals surface area contributed by atoms with Gasteiger partial charge in [-0.3, -0.25) is 4.79 Å². The van der Waals surface area contributed by atoms with Gasteiger partial charge in [-0.05, 0) is 24.8 Å². The van der Waals surface area contributed by atoms with Crippen LogP contribution in [-0.2, 0) is 4.79 Å². The Labute approximate surface area is 110 Å². The molecule has 0 radical (unpaired) electrons. The van der Waals surface area contributed by atoms with Crippen molar-refractivity contribution in [2.75, 3.05) is 0 Å². The molecule has 2 atom stereocenters. The lowest BCUT2D eigenvalue weighted by Crippen LogP contribution is -2.43. The van der Waals surface area contributed by atoms with Gasteiger partial charge in [0, 0.05) is 10.9 Å². The van der Waals surface area contributed by atoms with Crippen LogP contribution in [0.2, 0.25) is 0 Å². The monoisotopic (exact) mass is 270 g/mol. The molecule has 1 aromatic heterocycles. The number of carboxylic acid groups (broad SMARTS) is 1. The van der Waals surface area contributed by atoms with Gasteiger partial charge < -0.3 is 15.7 Å². The molecule has 0 aliphatic rings. The molecule has 0 spiro atoms. The molecule has 0 saturated heterocycles. The molecule has 3 N–H and O–H groups in total. The Morgan fingerprint density at radius 1 is 1.44 bits per heavy atom. The number of nitrogens with one attached hydrogen (secondary N) is 2. The van der Waals surface area contributed by atoms with Crippen LogP contribution in [0.5, 0.6) is 0 Å². The number of amides is 2. The standard InChI is InChI=1S/C12H18N2O3S/c1-3-9(7-11(15)16)14-12(17)13-8(2)10-5-4-6-18-10/h4-6,8-9H,3,7H2,1-2H3,(H,15,16)(H2,13,14,17). The molecule has 100 valence electrons. The third kappa shape index (κ3) is 4.75. The molecule has 0 aromatic carbocycles. The second kappa shape index (κ2) is 7.00. The summed E-state index contributed by atoms with van der Waals surface area (Å²) in [6.45, 7) is 3.74. The van der Waals surface area contributed by atoms with Crippen LogP contribution < -0.4 is 10.6 Å². The number of carbonyl (C=O) groups is 2. The Kier molecular flexibility index (Phi) is 5.64. The quantitative estimate of drug-likeness (QED) is 0.742. The number of aliphatic carboxylic acids is 1. The molecule has 1 aromatic rings. The maximum atomic E-state index is 11.7. The van der Waals surface area contributed by atoms with Gasteiger partial charge in [-0.2, -0.15) is 0 Å². The van der Waals surface area contributed by atoms with Crippen molar-refractivity contribution in [1.29, 1.82) is 0 Å². The minimum atomic E-state index is -0.909. The van der Waals surface area contributed by atoms with Crippen molar-refractivity contribution in [3.63, 3.8) is 0 Å². The highest BCUT2D eigenvalue weighted by molar-refractivity contribution is 7.10. The third-order valence-corrected chi connectivity index (χ3v) is 3.62. The van der Waals surface area contributed by atoms with E-state index >= 15 is 0 Å². The minimum absolute atomic E-state index is 0.0582. The van der Waals surface area contributed by atoms with Gasteiger partial charge in [0.25, 0.3) is 0 Å². The summed E-state index contributed by atoms with van der Waals surface area (Å²) < 4.78 is 0. The van der Waals surface area contributed by atoms with E-state index in [-0.39, 0.29) is 24.5 Å². The van der Waals surface area contributed by atoms with Crippen LogP contribution in [0.3, 0.4) is 0 Å². The second-order valence-corrected chi connectivity index (χ2v) is 5.04. The predicted molar refractivity (Wildman–Crippen MR) is 70.7 cm³/mol. The normalized spacial score (nSPS) is 13.7. The van der Waals surface area contributed by atoms with Gasteiger partial charge in [0.05, 0.1) is 12.5 Å². The van der Waals surface area contributed by atoms with E-state index in [2.05, 4.69) is 10.6 Å². The van der Waals surface area contributed by atoms with Gasteiger partial charge in [-0.25, -0.2) is 4.79 Å². The summed E-state index contributed by atoms with van der Waals surface area (Å²) >= 11 is 1.57. The Morgan fingerprint density at radius 2 is 2.17 bits per heavy atom. The lowest BCUT2D eigenvalue weighted by Gasteiger charge is -2.18. The SMILES string of the molecule is CCC(CC(=O)O)NC(=O)NC(C)c1cccs1. The summed E-state index contributed by atoms with van der Waals surface area (Å²) in [7, 11) is 0. The Bertz CT molecular complexity index is 392. The molecule has 0 aliphatic carbocycles. The number of carboxylic acids is 1.